The van der Waals surface area contributed by atoms with Crippen molar-refractivity contribution in [2.45, 2.75) is 40.0 Å². The summed E-state index contributed by atoms with van der Waals surface area (Å²) in [5, 5.41) is 9.09. The smallest absolute Gasteiger partial charge is 0.308 e. The molecule has 5 heteroatoms. The zero-order valence-electron chi connectivity index (χ0n) is 12.8. The molecule has 1 aliphatic heterocycles. The van der Waals surface area contributed by atoms with E-state index in [1.165, 1.54) is 0 Å². The van der Waals surface area contributed by atoms with Crippen molar-refractivity contribution in [2.24, 2.45) is 29.4 Å². The first-order valence-electron chi connectivity index (χ1n) is 7.57. The average Bonchev–Trinajstić information content (AvgIpc) is 2.76. The predicted octanol–water partition coefficient (Wildman–Crippen LogP) is 1.57. The fourth-order valence-corrected chi connectivity index (χ4v) is 2.98. The Bertz CT molecular complexity index is 344. The summed E-state index contributed by atoms with van der Waals surface area (Å²) in [5.41, 5.74) is 5.60. The van der Waals surface area contributed by atoms with E-state index >= 15 is 0 Å². The highest BCUT2D eigenvalue weighted by Crippen LogP contribution is 2.26. The summed E-state index contributed by atoms with van der Waals surface area (Å²) in [5.74, 6) is -0.0839. The van der Waals surface area contributed by atoms with E-state index in [1.807, 2.05) is 6.92 Å². The quantitative estimate of drug-likeness (QED) is 0.743. The summed E-state index contributed by atoms with van der Waals surface area (Å²) in [7, 11) is 0. The highest BCUT2D eigenvalue weighted by molar-refractivity contribution is 5.79. The molecule has 0 aromatic carbocycles. The number of hydrogen-bond acceptors (Lipinski definition) is 3. The number of hydrogen-bond donors (Lipinski definition) is 2. The van der Waals surface area contributed by atoms with E-state index < -0.39 is 11.9 Å². The maximum absolute atomic E-state index is 12.2. The second-order valence-corrected chi connectivity index (χ2v) is 6.34. The fraction of sp³-hybridized carbons (Fsp3) is 0.867. The standard InChI is InChI=1S/C15H28N2O3/c1-10(2)12(6-7-16)4-5-14(18)17-8-11(3)13(9-17)15(19)20/h10-13H,4-9,16H2,1-3H3,(H,19,20). The molecule has 0 saturated carbocycles. The number of likely N-dealkylation sites (tertiary alicyclic amines) is 1. The first kappa shape index (κ1) is 17.0. The Morgan fingerprint density at radius 2 is 1.95 bits per heavy atom. The molecule has 1 aliphatic rings. The maximum atomic E-state index is 12.2. The van der Waals surface area contributed by atoms with Crippen LogP contribution in [-0.4, -0.2) is 41.5 Å². The molecular weight excluding hydrogens is 256 g/mol. The molecular formula is C15H28N2O3. The van der Waals surface area contributed by atoms with Gasteiger partial charge in [-0.1, -0.05) is 20.8 Å². The minimum atomic E-state index is -0.795. The van der Waals surface area contributed by atoms with Crippen LogP contribution in [0.25, 0.3) is 0 Å². The number of carboxylic acids is 1. The lowest BCUT2D eigenvalue weighted by Crippen LogP contribution is -2.30. The molecule has 1 heterocycles. The summed E-state index contributed by atoms with van der Waals surface area (Å²) < 4.78 is 0. The second kappa shape index (κ2) is 7.62. The van der Waals surface area contributed by atoms with Crippen molar-refractivity contribution in [1.82, 2.24) is 4.90 Å². The van der Waals surface area contributed by atoms with Crippen LogP contribution in [0, 0.1) is 23.7 Å². The molecule has 0 bridgehead atoms. The highest BCUT2D eigenvalue weighted by Gasteiger charge is 2.36. The van der Waals surface area contributed by atoms with Crippen LogP contribution in [-0.2, 0) is 9.59 Å². The number of carbonyl (C=O) groups is 2. The van der Waals surface area contributed by atoms with Gasteiger partial charge in [-0.05, 0) is 37.1 Å². The van der Waals surface area contributed by atoms with E-state index in [9.17, 15) is 9.59 Å². The molecule has 1 fully saturated rings. The van der Waals surface area contributed by atoms with Crippen LogP contribution in [0.15, 0.2) is 0 Å². The van der Waals surface area contributed by atoms with Crippen molar-refractivity contribution in [3.63, 3.8) is 0 Å². The number of nitrogens with zero attached hydrogens (tertiary/aromatic N) is 1. The van der Waals surface area contributed by atoms with E-state index in [0.717, 1.165) is 12.8 Å². The minimum Gasteiger partial charge on any atom is -0.481 e. The monoisotopic (exact) mass is 284 g/mol. The summed E-state index contributed by atoms with van der Waals surface area (Å²) in [6.07, 6.45) is 2.29. The van der Waals surface area contributed by atoms with Crippen LogP contribution in [0.5, 0.6) is 0 Å². The third-order valence-corrected chi connectivity index (χ3v) is 4.49. The van der Waals surface area contributed by atoms with Gasteiger partial charge >= 0.3 is 5.97 Å². The van der Waals surface area contributed by atoms with Crippen LogP contribution in [0.1, 0.15) is 40.0 Å². The summed E-state index contributed by atoms with van der Waals surface area (Å²) in [6.45, 7) is 7.79. The Hall–Kier alpha value is -1.10. The van der Waals surface area contributed by atoms with Gasteiger partial charge in [0.1, 0.15) is 0 Å². The molecule has 20 heavy (non-hydrogen) atoms. The Morgan fingerprint density at radius 1 is 1.30 bits per heavy atom. The van der Waals surface area contributed by atoms with Gasteiger partial charge in [0.25, 0.3) is 0 Å². The lowest BCUT2D eigenvalue weighted by molar-refractivity contribution is -0.142. The largest absolute Gasteiger partial charge is 0.481 e. The molecule has 116 valence electrons. The molecule has 1 saturated heterocycles. The van der Waals surface area contributed by atoms with Crippen molar-refractivity contribution in [1.29, 1.82) is 0 Å². The number of aliphatic carboxylic acids is 1. The van der Waals surface area contributed by atoms with Gasteiger partial charge in [-0.25, -0.2) is 0 Å². The third kappa shape index (κ3) is 4.47. The number of carbonyl (C=O) groups excluding carboxylic acids is 1. The molecule has 5 nitrogen and oxygen atoms in total. The van der Waals surface area contributed by atoms with Gasteiger partial charge in [-0.15, -0.1) is 0 Å². The van der Waals surface area contributed by atoms with Gasteiger partial charge in [-0.2, -0.15) is 0 Å². The number of carboxylic acid groups (broad SMARTS) is 1. The SMILES string of the molecule is CC(C)C(CCN)CCC(=O)N1CC(C)C(C(=O)O)C1. The Labute approximate surface area is 121 Å². The summed E-state index contributed by atoms with van der Waals surface area (Å²) >= 11 is 0. The topological polar surface area (TPSA) is 83.6 Å². The first-order valence-corrected chi connectivity index (χ1v) is 7.57. The van der Waals surface area contributed by atoms with Crippen LogP contribution < -0.4 is 5.73 Å². The van der Waals surface area contributed by atoms with Gasteiger partial charge < -0.3 is 15.7 Å². The molecule has 3 unspecified atom stereocenters. The maximum Gasteiger partial charge on any atom is 0.308 e. The molecule has 0 aliphatic carbocycles. The molecule has 3 atom stereocenters. The number of nitrogens with two attached hydrogens (primary N) is 1. The summed E-state index contributed by atoms with van der Waals surface area (Å²) in [6, 6.07) is 0. The van der Waals surface area contributed by atoms with E-state index in [1.54, 1.807) is 4.90 Å². The van der Waals surface area contributed by atoms with Crippen molar-refractivity contribution >= 4 is 11.9 Å². The van der Waals surface area contributed by atoms with Crippen LogP contribution in [0.4, 0.5) is 0 Å². The predicted molar refractivity (Wildman–Crippen MR) is 78.1 cm³/mol. The van der Waals surface area contributed by atoms with Crippen LogP contribution in [0.3, 0.4) is 0 Å². The fourth-order valence-electron chi connectivity index (χ4n) is 2.98. The van der Waals surface area contributed by atoms with Gasteiger partial charge in [-0.3, -0.25) is 9.59 Å². The lowest BCUT2D eigenvalue weighted by Gasteiger charge is -2.22. The zero-order chi connectivity index (χ0) is 15.3. The van der Waals surface area contributed by atoms with Crippen LogP contribution >= 0.6 is 0 Å². The molecule has 3 N–H and O–H groups in total. The van der Waals surface area contributed by atoms with E-state index in [2.05, 4.69) is 13.8 Å². The Kier molecular flexibility index (Phi) is 6.46. The van der Waals surface area contributed by atoms with E-state index in [-0.39, 0.29) is 11.8 Å². The molecule has 0 aromatic heterocycles. The van der Waals surface area contributed by atoms with Crippen molar-refractivity contribution in [2.75, 3.05) is 19.6 Å². The zero-order valence-corrected chi connectivity index (χ0v) is 12.8. The summed E-state index contributed by atoms with van der Waals surface area (Å²) in [4.78, 5) is 25.0. The van der Waals surface area contributed by atoms with Gasteiger partial charge in [0.2, 0.25) is 5.91 Å². The molecule has 1 amide bonds. The highest BCUT2D eigenvalue weighted by atomic mass is 16.4. The van der Waals surface area contributed by atoms with Crippen molar-refractivity contribution < 1.29 is 14.7 Å². The van der Waals surface area contributed by atoms with Gasteiger partial charge in [0.15, 0.2) is 0 Å². The van der Waals surface area contributed by atoms with Gasteiger partial charge in [0, 0.05) is 19.5 Å². The van der Waals surface area contributed by atoms with E-state index in [4.69, 9.17) is 10.8 Å². The third-order valence-electron chi connectivity index (χ3n) is 4.49. The normalized spacial score (nSPS) is 24.1. The molecule has 1 rings (SSSR count). The molecule has 0 spiro atoms. The van der Waals surface area contributed by atoms with Crippen LogP contribution in [0.2, 0.25) is 0 Å². The van der Waals surface area contributed by atoms with E-state index in [0.29, 0.717) is 37.9 Å². The lowest BCUT2D eigenvalue weighted by atomic mass is 9.88. The number of rotatable bonds is 7. The minimum absolute atomic E-state index is 0.0430. The van der Waals surface area contributed by atoms with Crippen molar-refractivity contribution in [3.8, 4) is 0 Å². The molecule has 0 aromatic rings. The molecule has 0 radical (unpaired) electrons. The first-order chi connectivity index (χ1) is 9.36. The number of amides is 1. The van der Waals surface area contributed by atoms with Gasteiger partial charge in [0.05, 0.1) is 5.92 Å². The Balaban J connectivity index is 2.45. The Morgan fingerprint density at radius 3 is 2.40 bits per heavy atom. The average molecular weight is 284 g/mol. The second-order valence-electron chi connectivity index (χ2n) is 6.34. The van der Waals surface area contributed by atoms with Crippen molar-refractivity contribution in [3.05, 3.63) is 0 Å².